The molecule has 0 aliphatic carbocycles. The van der Waals surface area contributed by atoms with Crippen molar-refractivity contribution in [1.82, 2.24) is 4.72 Å². The van der Waals surface area contributed by atoms with E-state index in [1.165, 1.54) is 0 Å². The van der Waals surface area contributed by atoms with Crippen LogP contribution in [-0.4, -0.2) is 37.5 Å². The number of carboxylic acids is 1. The molecular weight excluding hydrogens is 359 g/mol. The van der Waals surface area contributed by atoms with Crippen LogP contribution >= 0.6 is 0 Å². The molecule has 0 heterocycles. The van der Waals surface area contributed by atoms with Crippen molar-refractivity contribution in [3.63, 3.8) is 0 Å². The number of benzene rings is 1. The van der Waals surface area contributed by atoms with Crippen molar-refractivity contribution in [1.29, 1.82) is 0 Å². The summed E-state index contributed by atoms with van der Waals surface area (Å²) in [5, 5.41) is 18.2. The van der Waals surface area contributed by atoms with Gasteiger partial charge in [0.05, 0.1) is 10.5 Å². The van der Waals surface area contributed by atoms with Gasteiger partial charge in [-0.05, 0) is 12.1 Å². The first-order chi connectivity index (χ1) is 10.8. The van der Waals surface area contributed by atoms with E-state index in [2.05, 4.69) is 0 Å². The summed E-state index contributed by atoms with van der Waals surface area (Å²) in [7, 11) is -4.30. The molecule has 0 radical (unpaired) electrons. The van der Waals surface area contributed by atoms with E-state index >= 15 is 0 Å². The van der Waals surface area contributed by atoms with Crippen LogP contribution in [0.3, 0.4) is 0 Å². The second kappa shape index (κ2) is 8.56. The van der Waals surface area contributed by atoms with Crippen molar-refractivity contribution in [2.24, 2.45) is 5.73 Å². The lowest BCUT2D eigenvalue weighted by molar-refractivity contribution is -0.388. The molecule has 0 spiro atoms. The van der Waals surface area contributed by atoms with Crippen molar-refractivity contribution in [3.8, 4) is 0 Å². The lowest BCUT2D eigenvalue weighted by atomic mass is 10.2. The van der Waals surface area contributed by atoms with Crippen molar-refractivity contribution in [2.75, 3.05) is 13.1 Å². The first-order valence-electron chi connectivity index (χ1n) is 6.07. The Morgan fingerprint density at radius 2 is 1.92 bits per heavy atom. The highest BCUT2D eigenvalue weighted by molar-refractivity contribution is 7.89. The Morgan fingerprint density at radius 3 is 2.29 bits per heavy atom. The van der Waals surface area contributed by atoms with E-state index in [1.54, 1.807) is 0 Å². The van der Waals surface area contributed by atoms with Crippen molar-refractivity contribution in [3.05, 3.63) is 33.9 Å². The van der Waals surface area contributed by atoms with Crippen LogP contribution in [0.2, 0.25) is 0 Å². The van der Waals surface area contributed by atoms with E-state index in [0.717, 1.165) is 6.92 Å². The number of nitro benzene ring substituents is 1. The second-order valence-electron chi connectivity index (χ2n) is 4.14. The zero-order valence-electron chi connectivity index (χ0n) is 12.2. The zero-order chi connectivity index (χ0) is 19.1. The third-order valence-electron chi connectivity index (χ3n) is 2.21. The number of nitrogens with two attached hydrogens (primary N) is 1. The molecule has 0 bridgehead atoms. The highest BCUT2D eigenvalue weighted by Crippen LogP contribution is 2.34. The molecule has 0 aliphatic rings. The first kappa shape index (κ1) is 21.8. The SMILES string of the molecule is CC(=O)O.NCCNS(=O)(=O)c1ccc(C(F)(F)F)cc1[N+](=O)[O-]. The number of halogens is 3. The molecule has 4 N–H and O–H groups in total. The van der Waals surface area contributed by atoms with E-state index in [9.17, 15) is 31.7 Å². The van der Waals surface area contributed by atoms with Crippen LogP contribution in [0.25, 0.3) is 0 Å². The minimum absolute atomic E-state index is 0.0618. The second-order valence-corrected chi connectivity index (χ2v) is 5.88. The Morgan fingerprint density at radius 1 is 1.42 bits per heavy atom. The average Bonchev–Trinajstić information content (AvgIpc) is 2.43. The minimum atomic E-state index is -4.81. The molecule has 24 heavy (non-hydrogen) atoms. The minimum Gasteiger partial charge on any atom is -0.481 e. The molecule has 0 aromatic heterocycles. The molecule has 0 aliphatic heterocycles. The Kier molecular flexibility index (Phi) is 7.76. The monoisotopic (exact) mass is 373 g/mol. The fourth-order valence-electron chi connectivity index (χ4n) is 1.33. The quantitative estimate of drug-likeness (QED) is 0.513. The number of hydrogen-bond donors (Lipinski definition) is 3. The average molecular weight is 373 g/mol. The predicted octanol–water partition coefficient (Wildman–Crippen LogP) is 0.942. The molecule has 1 aromatic rings. The standard InChI is InChI=1S/C9H10F3N3O4S.C2H4O2/c10-9(11,12)6-1-2-8(7(5-6)15(16)17)20(18,19)14-4-3-13;1-2(3)4/h1-2,5,14H,3-4,13H2;1H3,(H,3,4). The van der Waals surface area contributed by atoms with Crippen molar-refractivity contribution >= 4 is 21.7 Å². The molecule has 0 fully saturated rings. The predicted molar refractivity (Wildman–Crippen MR) is 75.7 cm³/mol. The Bertz CT molecular complexity index is 701. The van der Waals surface area contributed by atoms with Crippen LogP contribution in [0.4, 0.5) is 18.9 Å². The summed E-state index contributed by atoms with van der Waals surface area (Å²) < 4.78 is 62.8. The van der Waals surface area contributed by atoms with Crippen molar-refractivity contribution < 1.29 is 36.4 Å². The van der Waals surface area contributed by atoms with E-state index in [1.807, 2.05) is 4.72 Å². The van der Waals surface area contributed by atoms with Crippen LogP contribution in [0, 0.1) is 10.1 Å². The fraction of sp³-hybridized carbons (Fsp3) is 0.364. The zero-order valence-corrected chi connectivity index (χ0v) is 13.0. The molecule has 0 atom stereocenters. The number of carboxylic acid groups (broad SMARTS) is 1. The summed E-state index contributed by atoms with van der Waals surface area (Å²) in [5.41, 5.74) is 2.63. The van der Waals surface area contributed by atoms with Crippen LogP contribution in [0.1, 0.15) is 12.5 Å². The lowest BCUT2D eigenvalue weighted by Crippen LogP contribution is -2.29. The normalized spacial score (nSPS) is 11.4. The van der Waals surface area contributed by atoms with Gasteiger partial charge in [-0.1, -0.05) is 0 Å². The maximum atomic E-state index is 12.5. The molecule has 0 amide bonds. The van der Waals surface area contributed by atoms with Crippen LogP contribution < -0.4 is 10.5 Å². The Hall–Kier alpha value is -2.25. The van der Waals surface area contributed by atoms with Gasteiger partial charge in [-0.2, -0.15) is 13.2 Å². The summed E-state index contributed by atoms with van der Waals surface area (Å²) in [6, 6.07) is 1.18. The van der Waals surface area contributed by atoms with E-state index < -0.39 is 43.2 Å². The van der Waals surface area contributed by atoms with Crippen molar-refractivity contribution in [2.45, 2.75) is 18.0 Å². The number of nitrogens with zero attached hydrogens (tertiary/aromatic N) is 1. The lowest BCUT2D eigenvalue weighted by Gasteiger charge is -2.09. The maximum absolute atomic E-state index is 12.5. The molecule has 1 aromatic carbocycles. The number of aliphatic carboxylic acids is 1. The largest absolute Gasteiger partial charge is 0.481 e. The summed E-state index contributed by atoms with van der Waals surface area (Å²) in [6.45, 7) is 0.828. The van der Waals surface area contributed by atoms with Gasteiger partial charge in [0.2, 0.25) is 10.0 Å². The summed E-state index contributed by atoms with van der Waals surface area (Å²) >= 11 is 0. The molecule has 1 rings (SSSR count). The molecule has 13 heteroatoms. The van der Waals surface area contributed by atoms with E-state index in [-0.39, 0.29) is 19.2 Å². The Balaban J connectivity index is 0.00000118. The number of nitrogens with one attached hydrogen (secondary N) is 1. The summed E-state index contributed by atoms with van der Waals surface area (Å²) in [5.74, 6) is -0.833. The highest BCUT2D eigenvalue weighted by atomic mass is 32.2. The van der Waals surface area contributed by atoms with Gasteiger partial charge in [0.25, 0.3) is 11.7 Å². The molecule has 136 valence electrons. The van der Waals surface area contributed by atoms with Gasteiger partial charge in [0, 0.05) is 26.1 Å². The van der Waals surface area contributed by atoms with Crippen LogP contribution in [-0.2, 0) is 21.0 Å². The molecule has 0 saturated carbocycles. The van der Waals surface area contributed by atoms with Crippen LogP contribution in [0.5, 0.6) is 0 Å². The highest BCUT2D eigenvalue weighted by Gasteiger charge is 2.35. The third-order valence-corrected chi connectivity index (χ3v) is 3.72. The molecule has 0 saturated heterocycles. The third kappa shape index (κ3) is 6.89. The number of rotatable bonds is 5. The van der Waals surface area contributed by atoms with E-state index in [0.29, 0.717) is 12.1 Å². The number of carbonyl (C=O) groups is 1. The summed E-state index contributed by atoms with van der Waals surface area (Å²) in [4.78, 5) is 17.7. The molecule has 9 nitrogen and oxygen atoms in total. The summed E-state index contributed by atoms with van der Waals surface area (Å²) in [6.07, 6.45) is -4.81. The van der Waals surface area contributed by atoms with Gasteiger partial charge < -0.3 is 10.8 Å². The smallest absolute Gasteiger partial charge is 0.416 e. The van der Waals surface area contributed by atoms with Gasteiger partial charge in [0.1, 0.15) is 0 Å². The number of sulfonamides is 1. The number of nitro groups is 1. The maximum Gasteiger partial charge on any atom is 0.416 e. The number of alkyl halides is 3. The van der Waals surface area contributed by atoms with Gasteiger partial charge in [0.15, 0.2) is 4.90 Å². The van der Waals surface area contributed by atoms with Gasteiger partial charge >= 0.3 is 6.18 Å². The number of hydrogen-bond acceptors (Lipinski definition) is 6. The topological polar surface area (TPSA) is 153 Å². The van der Waals surface area contributed by atoms with E-state index in [4.69, 9.17) is 15.6 Å². The molecule has 0 unspecified atom stereocenters. The first-order valence-corrected chi connectivity index (χ1v) is 7.56. The van der Waals surface area contributed by atoms with Gasteiger partial charge in [-0.25, -0.2) is 13.1 Å². The van der Waals surface area contributed by atoms with Gasteiger partial charge in [-0.15, -0.1) is 0 Å². The fourth-order valence-corrected chi connectivity index (χ4v) is 2.53. The Labute approximate surface area is 134 Å². The van der Waals surface area contributed by atoms with Gasteiger partial charge in [-0.3, -0.25) is 14.9 Å². The molecular formula is C11H14F3N3O6S. The van der Waals surface area contributed by atoms with Crippen LogP contribution in [0.15, 0.2) is 23.1 Å².